The van der Waals surface area contributed by atoms with Crippen molar-refractivity contribution >= 4 is 60.4 Å². The van der Waals surface area contributed by atoms with Crippen LogP contribution >= 0.6 is 0 Å². The van der Waals surface area contributed by atoms with Crippen LogP contribution in [0.2, 0.25) is 0 Å². The minimum Gasteiger partial charge on any atom is -0.455 e. The molecule has 0 amide bonds. The van der Waals surface area contributed by atoms with E-state index in [9.17, 15) is 0 Å². The predicted molar refractivity (Wildman–Crippen MR) is 174 cm³/mol. The van der Waals surface area contributed by atoms with Crippen LogP contribution in [0.1, 0.15) is 25.3 Å². The normalized spacial score (nSPS) is 12.6. The number of fused-ring (bicyclic) bond motifs is 10. The monoisotopic (exact) mass is 525 g/mol. The van der Waals surface area contributed by atoms with Crippen molar-refractivity contribution in [3.63, 3.8) is 0 Å². The molecule has 0 N–H and O–H groups in total. The van der Waals surface area contributed by atoms with Crippen molar-refractivity contribution < 1.29 is 4.42 Å². The summed E-state index contributed by atoms with van der Waals surface area (Å²) < 4.78 is 9.05. The van der Waals surface area contributed by atoms with E-state index in [0.717, 1.165) is 24.2 Å². The highest BCUT2D eigenvalue weighted by Crippen LogP contribution is 2.54. The van der Waals surface area contributed by atoms with Gasteiger partial charge in [0.05, 0.1) is 16.7 Å². The molecule has 0 saturated carbocycles. The lowest BCUT2D eigenvalue weighted by atomic mass is 9.98. The molecule has 2 heteroatoms. The molecule has 0 fully saturated rings. The summed E-state index contributed by atoms with van der Waals surface area (Å²) >= 11 is 0. The summed E-state index contributed by atoms with van der Waals surface area (Å²) in [5.41, 5.74) is 9.51. The van der Waals surface area contributed by atoms with E-state index in [-0.39, 0.29) is 0 Å². The third-order valence-electron chi connectivity index (χ3n) is 8.81. The molecule has 0 bridgehead atoms. The fourth-order valence-corrected chi connectivity index (χ4v) is 7.04. The molecule has 0 unspecified atom stereocenters. The standard InChI is InChI=1S/C39H27NO/c1-2-3-4-10-24-17-20-34-31(23-24)27-13-7-8-16-32(27)40(34)33-21-19-30-36-28(33)14-9-15-29(36)38-37-26-12-6-5-11-25(26)18-22-35(37)41-39(30)38/h4-23H,2-3H2,1H3/b10-4-. The Morgan fingerprint density at radius 1 is 0.659 bits per heavy atom. The first kappa shape index (κ1) is 22.7. The van der Waals surface area contributed by atoms with Crippen LogP contribution in [0.3, 0.4) is 0 Å². The number of hydrogen-bond acceptors (Lipinski definition) is 1. The molecule has 0 spiro atoms. The maximum Gasteiger partial charge on any atom is 0.143 e. The summed E-state index contributed by atoms with van der Waals surface area (Å²) in [6.07, 6.45) is 6.79. The van der Waals surface area contributed by atoms with Crippen molar-refractivity contribution in [3.05, 3.63) is 121 Å². The average Bonchev–Trinajstić information content (AvgIpc) is 3.66. The molecule has 194 valence electrons. The van der Waals surface area contributed by atoms with Crippen molar-refractivity contribution in [2.75, 3.05) is 0 Å². The first-order valence-corrected chi connectivity index (χ1v) is 14.5. The highest BCUT2D eigenvalue weighted by Gasteiger charge is 2.30. The summed E-state index contributed by atoms with van der Waals surface area (Å²) in [5, 5.41) is 8.78. The molecule has 0 atom stereocenters. The van der Waals surface area contributed by atoms with Gasteiger partial charge in [0.1, 0.15) is 11.3 Å². The third kappa shape index (κ3) is 3.08. The third-order valence-corrected chi connectivity index (χ3v) is 8.81. The predicted octanol–water partition coefficient (Wildman–Crippen LogP) is 11.3. The van der Waals surface area contributed by atoms with Gasteiger partial charge in [-0.15, -0.1) is 0 Å². The van der Waals surface area contributed by atoms with Crippen molar-refractivity contribution in [1.29, 1.82) is 0 Å². The van der Waals surface area contributed by atoms with E-state index in [0.29, 0.717) is 0 Å². The Morgan fingerprint density at radius 3 is 2.41 bits per heavy atom. The van der Waals surface area contributed by atoms with E-state index in [1.165, 1.54) is 76.7 Å². The first-order valence-electron chi connectivity index (χ1n) is 14.5. The van der Waals surface area contributed by atoms with Gasteiger partial charge in [-0.3, -0.25) is 0 Å². The number of para-hydroxylation sites is 1. The van der Waals surface area contributed by atoms with Crippen LogP contribution in [-0.4, -0.2) is 4.57 Å². The van der Waals surface area contributed by atoms with Gasteiger partial charge in [0, 0.05) is 38.1 Å². The topological polar surface area (TPSA) is 18.1 Å². The Bertz CT molecular complexity index is 2380. The van der Waals surface area contributed by atoms with Gasteiger partial charge in [-0.1, -0.05) is 98.3 Å². The van der Waals surface area contributed by atoms with E-state index in [1.54, 1.807) is 0 Å². The quantitative estimate of drug-likeness (QED) is 0.223. The summed E-state index contributed by atoms with van der Waals surface area (Å²) in [6.45, 7) is 2.22. The molecule has 2 nitrogen and oxygen atoms in total. The summed E-state index contributed by atoms with van der Waals surface area (Å²) in [4.78, 5) is 0. The van der Waals surface area contributed by atoms with E-state index in [4.69, 9.17) is 4.42 Å². The summed E-state index contributed by atoms with van der Waals surface area (Å²) in [7, 11) is 0. The minimum atomic E-state index is 0.951. The Kier molecular flexibility index (Phi) is 4.68. The zero-order chi connectivity index (χ0) is 27.1. The van der Waals surface area contributed by atoms with Crippen molar-refractivity contribution in [3.8, 4) is 28.1 Å². The summed E-state index contributed by atoms with van der Waals surface area (Å²) in [5.74, 6) is 0.986. The van der Waals surface area contributed by atoms with Crippen molar-refractivity contribution in [2.45, 2.75) is 19.8 Å². The Hall–Kier alpha value is -5.08. The Morgan fingerprint density at radius 2 is 1.49 bits per heavy atom. The molecule has 1 aliphatic rings. The second-order valence-corrected chi connectivity index (χ2v) is 11.1. The van der Waals surface area contributed by atoms with Crippen LogP contribution in [0.5, 0.6) is 0 Å². The maximum atomic E-state index is 6.60. The van der Waals surface area contributed by atoms with Crippen LogP contribution in [0.25, 0.3) is 88.5 Å². The number of rotatable bonds is 4. The van der Waals surface area contributed by atoms with E-state index < -0.39 is 0 Å². The van der Waals surface area contributed by atoms with E-state index >= 15 is 0 Å². The van der Waals surface area contributed by atoms with Crippen LogP contribution < -0.4 is 0 Å². The molecule has 0 saturated heterocycles. The summed E-state index contributed by atoms with van der Waals surface area (Å²) in [6, 6.07) is 39.8. The fourth-order valence-electron chi connectivity index (χ4n) is 7.04. The number of furan rings is 1. The van der Waals surface area contributed by atoms with E-state index in [2.05, 4.69) is 133 Å². The molecule has 9 rings (SSSR count). The van der Waals surface area contributed by atoms with Gasteiger partial charge in [0.15, 0.2) is 0 Å². The molecule has 8 aromatic rings. The van der Waals surface area contributed by atoms with Crippen molar-refractivity contribution in [1.82, 2.24) is 4.57 Å². The SMILES string of the molecule is CCC/C=C\c1ccc2c(c1)c1ccccc1n2-c1ccc2c3c(cccc13)-c1c-2oc2ccc3ccccc3c12. The second kappa shape index (κ2) is 8.46. The number of hydrogen-bond donors (Lipinski definition) is 0. The molecule has 2 aromatic heterocycles. The van der Waals surface area contributed by atoms with Gasteiger partial charge in [-0.05, 0) is 64.7 Å². The minimum absolute atomic E-state index is 0.951. The zero-order valence-electron chi connectivity index (χ0n) is 22.8. The maximum absolute atomic E-state index is 6.60. The Labute approximate surface area is 237 Å². The zero-order valence-corrected chi connectivity index (χ0v) is 22.8. The van der Waals surface area contributed by atoms with Gasteiger partial charge >= 0.3 is 0 Å². The molecule has 0 aliphatic heterocycles. The molecule has 0 radical (unpaired) electrons. The molecular weight excluding hydrogens is 498 g/mol. The van der Waals surface area contributed by atoms with Crippen molar-refractivity contribution in [2.24, 2.45) is 0 Å². The van der Waals surface area contributed by atoms with Crippen LogP contribution in [-0.2, 0) is 0 Å². The molecule has 2 heterocycles. The lowest BCUT2D eigenvalue weighted by molar-refractivity contribution is 0.634. The van der Waals surface area contributed by atoms with Gasteiger partial charge in [0.25, 0.3) is 0 Å². The van der Waals surface area contributed by atoms with Crippen LogP contribution in [0.4, 0.5) is 0 Å². The van der Waals surface area contributed by atoms with Crippen LogP contribution in [0, 0.1) is 0 Å². The second-order valence-electron chi connectivity index (χ2n) is 11.1. The lowest BCUT2D eigenvalue weighted by Gasteiger charge is -2.13. The number of aromatic nitrogens is 1. The number of benzene rings is 6. The molecule has 1 aliphatic carbocycles. The van der Waals surface area contributed by atoms with Crippen LogP contribution in [0.15, 0.2) is 120 Å². The Balaban J connectivity index is 1.33. The molecule has 41 heavy (non-hydrogen) atoms. The number of unbranched alkanes of at least 4 members (excludes halogenated alkanes) is 1. The highest BCUT2D eigenvalue weighted by molar-refractivity contribution is 6.26. The highest BCUT2D eigenvalue weighted by atomic mass is 16.3. The fraction of sp³-hybridized carbons (Fsp3) is 0.0769. The first-order chi connectivity index (χ1) is 20.3. The lowest BCUT2D eigenvalue weighted by Crippen LogP contribution is -1.95. The molecule has 6 aromatic carbocycles. The largest absolute Gasteiger partial charge is 0.455 e. The van der Waals surface area contributed by atoms with Gasteiger partial charge in [-0.25, -0.2) is 0 Å². The van der Waals surface area contributed by atoms with Gasteiger partial charge in [0.2, 0.25) is 0 Å². The number of allylic oxidation sites excluding steroid dienone is 1. The van der Waals surface area contributed by atoms with Gasteiger partial charge < -0.3 is 8.98 Å². The molecular formula is C39H27NO. The number of nitrogens with zero attached hydrogens (tertiary/aromatic N) is 1. The average molecular weight is 526 g/mol. The van der Waals surface area contributed by atoms with Gasteiger partial charge in [-0.2, -0.15) is 0 Å². The van der Waals surface area contributed by atoms with E-state index in [1.807, 2.05) is 0 Å². The smallest absolute Gasteiger partial charge is 0.143 e.